The fourth-order valence-corrected chi connectivity index (χ4v) is 2.48. The zero-order valence-electron chi connectivity index (χ0n) is 10.6. The summed E-state index contributed by atoms with van der Waals surface area (Å²) >= 11 is 6.29. The van der Waals surface area contributed by atoms with Crippen LogP contribution in [0.15, 0.2) is 60.7 Å². The van der Waals surface area contributed by atoms with Crippen LogP contribution in [0.25, 0.3) is 0 Å². The number of hydrogen-bond acceptors (Lipinski definition) is 2. The minimum atomic E-state index is -0.741. The zero-order chi connectivity index (χ0) is 13.7. The van der Waals surface area contributed by atoms with E-state index in [2.05, 4.69) is 0 Å². The largest absolute Gasteiger partial charge is 0.468 e. The van der Waals surface area contributed by atoms with Crippen molar-refractivity contribution in [2.45, 2.75) is 11.3 Å². The first kappa shape index (κ1) is 13.6. The number of esters is 1. The summed E-state index contributed by atoms with van der Waals surface area (Å²) < 4.78 is 4.77. The van der Waals surface area contributed by atoms with Crippen LogP contribution < -0.4 is 0 Å². The second-order valence-corrected chi connectivity index (χ2v) is 4.69. The third-order valence-corrected chi connectivity index (χ3v) is 3.47. The van der Waals surface area contributed by atoms with E-state index in [4.69, 9.17) is 16.3 Å². The summed E-state index contributed by atoms with van der Waals surface area (Å²) in [7, 11) is 1.35. The van der Waals surface area contributed by atoms with Crippen molar-refractivity contribution in [3.05, 3.63) is 71.8 Å². The molecular weight excluding hydrogens is 260 g/mol. The lowest BCUT2D eigenvalue weighted by molar-refractivity contribution is -0.140. The van der Waals surface area contributed by atoms with Gasteiger partial charge in [-0.1, -0.05) is 60.7 Å². The van der Waals surface area contributed by atoms with E-state index in [1.807, 2.05) is 60.7 Å². The monoisotopic (exact) mass is 274 g/mol. The van der Waals surface area contributed by atoms with Crippen LogP contribution in [0.5, 0.6) is 0 Å². The molecule has 0 saturated carbocycles. The third kappa shape index (κ3) is 3.15. The number of benzene rings is 2. The topological polar surface area (TPSA) is 26.3 Å². The molecule has 0 aromatic heterocycles. The van der Waals surface area contributed by atoms with Gasteiger partial charge < -0.3 is 4.74 Å². The van der Waals surface area contributed by atoms with E-state index < -0.39 is 11.3 Å². The summed E-state index contributed by atoms with van der Waals surface area (Å²) in [5.41, 5.74) is 2.00. The van der Waals surface area contributed by atoms with Crippen LogP contribution in [-0.4, -0.2) is 18.5 Å². The predicted molar refractivity (Wildman–Crippen MR) is 76.4 cm³/mol. The molecule has 0 spiro atoms. The van der Waals surface area contributed by atoms with Gasteiger partial charge in [-0.2, -0.15) is 0 Å². The summed E-state index contributed by atoms with van der Waals surface area (Å²) in [5, 5.41) is -0.741. The highest BCUT2D eigenvalue weighted by atomic mass is 35.5. The van der Waals surface area contributed by atoms with Crippen LogP contribution in [0.3, 0.4) is 0 Å². The van der Waals surface area contributed by atoms with Gasteiger partial charge in [-0.15, -0.1) is 11.6 Å². The van der Waals surface area contributed by atoms with Gasteiger partial charge >= 0.3 is 5.97 Å². The Bertz CT molecular complexity index is 485. The molecule has 98 valence electrons. The molecule has 2 aromatic carbocycles. The van der Waals surface area contributed by atoms with Gasteiger partial charge in [0.15, 0.2) is 0 Å². The lowest BCUT2D eigenvalue weighted by atomic mass is 9.88. The molecule has 1 unspecified atom stereocenters. The molecule has 2 aromatic rings. The van der Waals surface area contributed by atoms with E-state index in [0.29, 0.717) is 0 Å². The Labute approximate surface area is 118 Å². The van der Waals surface area contributed by atoms with Gasteiger partial charge in [0.05, 0.1) is 7.11 Å². The van der Waals surface area contributed by atoms with Crippen molar-refractivity contribution in [3.63, 3.8) is 0 Å². The van der Waals surface area contributed by atoms with E-state index >= 15 is 0 Å². The maximum Gasteiger partial charge on any atom is 0.324 e. The van der Waals surface area contributed by atoms with E-state index in [0.717, 1.165) is 11.1 Å². The Morgan fingerprint density at radius 2 is 1.37 bits per heavy atom. The molecule has 2 nitrogen and oxygen atoms in total. The molecule has 19 heavy (non-hydrogen) atoms. The number of hydrogen-bond donors (Lipinski definition) is 0. The number of rotatable bonds is 4. The second-order valence-electron chi connectivity index (χ2n) is 4.22. The van der Waals surface area contributed by atoms with Crippen molar-refractivity contribution < 1.29 is 9.53 Å². The fraction of sp³-hybridized carbons (Fsp3) is 0.188. The van der Waals surface area contributed by atoms with Gasteiger partial charge in [-0.05, 0) is 11.1 Å². The van der Waals surface area contributed by atoms with Crippen molar-refractivity contribution in [1.82, 2.24) is 0 Å². The molecule has 0 aliphatic heterocycles. The Morgan fingerprint density at radius 3 is 1.74 bits per heavy atom. The standard InChI is InChI=1S/C16H15ClO2/c1-19-16(18)15(17)14(12-8-4-2-5-9-12)13-10-6-3-7-11-13/h2-11,14-15H,1H3. The van der Waals surface area contributed by atoms with Gasteiger partial charge in [0, 0.05) is 5.92 Å². The molecule has 3 heteroatoms. The molecule has 0 aliphatic carbocycles. The Morgan fingerprint density at radius 1 is 0.947 bits per heavy atom. The first-order valence-corrected chi connectivity index (χ1v) is 6.49. The van der Waals surface area contributed by atoms with E-state index in [1.54, 1.807) is 0 Å². The molecular formula is C16H15ClO2. The summed E-state index contributed by atoms with van der Waals surface area (Å²) in [5.74, 6) is -0.629. The van der Waals surface area contributed by atoms with Crippen molar-refractivity contribution in [1.29, 1.82) is 0 Å². The molecule has 0 saturated heterocycles. The number of ether oxygens (including phenoxy) is 1. The van der Waals surface area contributed by atoms with Gasteiger partial charge in [0.25, 0.3) is 0 Å². The number of halogens is 1. The first-order chi connectivity index (χ1) is 9.24. The molecule has 0 fully saturated rings. The highest BCUT2D eigenvalue weighted by Crippen LogP contribution is 2.31. The highest BCUT2D eigenvalue weighted by molar-refractivity contribution is 6.30. The number of carbonyl (C=O) groups is 1. The summed E-state index contributed by atoms with van der Waals surface area (Å²) in [6.45, 7) is 0. The van der Waals surface area contributed by atoms with Crippen LogP contribution in [0.4, 0.5) is 0 Å². The maximum absolute atomic E-state index is 11.7. The van der Waals surface area contributed by atoms with Crippen LogP contribution in [0, 0.1) is 0 Å². The van der Waals surface area contributed by atoms with Crippen LogP contribution in [0.2, 0.25) is 0 Å². The average Bonchev–Trinajstić information content (AvgIpc) is 2.49. The number of carbonyl (C=O) groups excluding carboxylic acids is 1. The Balaban J connectivity index is 2.43. The number of methoxy groups -OCH3 is 1. The normalized spacial score (nSPS) is 12.2. The van der Waals surface area contributed by atoms with Crippen LogP contribution in [-0.2, 0) is 9.53 Å². The van der Waals surface area contributed by atoms with E-state index in [1.165, 1.54) is 7.11 Å². The Kier molecular flexibility index (Phi) is 4.58. The summed E-state index contributed by atoms with van der Waals surface area (Å²) in [6, 6.07) is 19.5. The van der Waals surface area contributed by atoms with Crippen molar-refractivity contribution in [2.24, 2.45) is 0 Å². The van der Waals surface area contributed by atoms with Gasteiger partial charge in [0.2, 0.25) is 0 Å². The van der Waals surface area contributed by atoms with Crippen LogP contribution in [0.1, 0.15) is 17.0 Å². The molecule has 0 radical (unpaired) electrons. The summed E-state index contributed by atoms with van der Waals surface area (Å²) in [4.78, 5) is 11.7. The number of alkyl halides is 1. The van der Waals surface area contributed by atoms with Crippen molar-refractivity contribution in [3.8, 4) is 0 Å². The minimum absolute atomic E-state index is 0.212. The zero-order valence-corrected chi connectivity index (χ0v) is 11.4. The maximum atomic E-state index is 11.7. The van der Waals surface area contributed by atoms with Crippen LogP contribution >= 0.6 is 11.6 Å². The van der Waals surface area contributed by atoms with E-state index in [-0.39, 0.29) is 5.92 Å². The minimum Gasteiger partial charge on any atom is -0.468 e. The second kappa shape index (κ2) is 6.39. The Hall–Kier alpha value is -1.80. The highest BCUT2D eigenvalue weighted by Gasteiger charge is 2.29. The molecule has 0 amide bonds. The fourth-order valence-electron chi connectivity index (χ4n) is 2.10. The molecule has 1 atom stereocenters. The van der Waals surface area contributed by atoms with Crippen molar-refractivity contribution >= 4 is 17.6 Å². The quantitative estimate of drug-likeness (QED) is 0.629. The lowest BCUT2D eigenvalue weighted by Gasteiger charge is -2.21. The molecule has 0 aliphatic rings. The smallest absolute Gasteiger partial charge is 0.324 e. The molecule has 0 N–H and O–H groups in total. The van der Waals surface area contributed by atoms with E-state index in [9.17, 15) is 4.79 Å². The molecule has 0 bridgehead atoms. The lowest BCUT2D eigenvalue weighted by Crippen LogP contribution is -2.25. The van der Waals surface area contributed by atoms with Gasteiger partial charge in [0.1, 0.15) is 5.38 Å². The predicted octanol–water partition coefficient (Wildman–Crippen LogP) is 3.60. The first-order valence-electron chi connectivity index (χ1n) is 6.06. The molecule has 0 heterocycles. The van der Waals surface area contributed by atoms with Gasteiger partial charge in [-0.3, -0.25) is 4.79 Å². The van der Waals surface area contributed by atoms with Crippen molar-refractivity contribution in [2.75, 3.05) is 7.11 Å². The third-order valence-electron chi connectivity index (χ3n) is 3.04. The van der Waals surface area contributed by atoms with Gasteiger partial charge in [-0.25, -0.2) is 0 Å². The molecule has 2 rings (SSSR count). The SMILES string of the molecule is COC(=O)C(Cl)C(c1ccccc1)c1ccccc1. The average molecular weight is 275 g/mol. The summed E-state index contributed by atoms with van der Waals surface area (Å²) in [6.07, 6.45) is 0.